The molecule has 3 aliphatic heterocycles. The summed E-state index contributed by atoms with van der Waals surface area (Å²) in [6.45, 7) is 29.8. The van der Waals surface area contributed by atoms with Gasteiger partial charge in [-0.2, -0.15) is 0 Å². The zero-order chi connectivity index (χ0) is 46.6. The quantitative estimate of drug-likeness (QED) is 0.203. The van der Waals surface area contributed by atoms with Crippen LogP contribution in [0.3, 0.4) is 0 Å². The molecule has 3 saturated heterocycles. The van der Waals surface area contributed by atoms with Crippen molar-refractivity contribution in [2.45, 2.75) is 262 Å². The van der Waals surface area contributed by atoms with E-state index in [1.807, 2.05) is 41.5 Å². The number of nitrogens with zero attached hydrogens (tertiary/aromatic N) is 2. The van der Waals surface area contributed by atoms with Gasteiger partial charge in [-0.3, -0.25) is 14.6 Å². The van der Waals surface area contributed by atoms with Gasteiger partial charge in [0.15, 0.2) is 0 Å². The number of halogens is 3. The van der Waals surface area contributed by atoms with Crippen LogP contribution in [-0.2, 0) is 14.3 Å². The molecule has 0 spiro atoms. The average Bonchev–Trinajstić information content (AvgIpc) is 3.19. The molecule has 0 bridgehead atoms. The number of carbonyl (C=O) groups is 3. The van der Waals surface area contributed by atoms with Gasteiger partial charge < -0.3 is 31.2 Å². The van der Waals surface area contributed by atoms with Gasteiger partial charge in [-0.25, -0.2) is 9.59 Å². The zero-order valence-corrected chi connectivity index (χ0v) is 47.6. The maximum absolute atomic E-state index is 11.9. The van der Waals surface area contributed by atoms with E-state index >= 15 is 0 Å². The number of amides is 2. The van der Waals surface area contributed by atoms with Crippen molar-refractivity contribution < 1.29 is 37.1 Å². The topological polar surface area (TPSA) is 138 Å². The van der Waals surface area contributed by atoms with Crippen LogP contribution >= 0.6 is 37.2 Å². The predicted molar refractivity (Wildman–Crippen MR) is 298 cm³/mol. The van der Waals surface area contributed by atoms with Gasteiger partial charge in [-0.15, -0.1) is 0 Å². The van der Waals surface area contributed by atoms with E-state index in [2.05, 4.69) is 97.6 Å². The number of hydrogen-bond donors (Lipinski definition) is 4. The first-order valence-electron chi connectivity index (χ1n) is 24.3. The molecule has 0 aromatic carbocycles. The van der Waals surface area contributed by atoms with E-state index in [0.29, 0.717) is 36.2 Å². The van der Waals surface area contributed by atoms with Crippen LogP contribution in [0.5, 0.6) is 0 Å². The fourth-order valence-electron chi connectivity index (χ4n) is 9.40. The van der Waals surface area contributed by atoms with Crippen LogP contribution in [-0.4, -0.2) is 107 Å². The Bertz CT molecular complexity index is 1250. The molecule has 6 fully saturated rings. The Kier molecular flexibility index (Phi) is 37.8. The Labute approximate surface area is 439 Å². The maximum atomic E-state index is 11.9. The summed E-state index contributed by atoms with van der Waals surface area (Å²) in [4.78, 5) is 39.2. The van der Waals surface area contributed by atoms with Crippen molar-refractivity contribution in [2.24, 2.45) is 23.5 Å². The molecule has 11 nitrogen and oxygen atoms in total. The summed E-state index contributed by atoms with van der Waals surface area (Å²) in [6, 6.07) is 0.996. The number of nitrogens with one attached hydrogen (secondary N) is 3. The standard InChI is InChI=1S/C18H34N2O2.C13H26N2.C10H20N2O2.C7H12O.4CH4.I3/c1-14-6-10-18(5,11-7-14)20-12-8-15(9-13-20)19-16(21)22-17(2,3)4;1-11-3-7-13(2,8-4-11)15-9-5-12(14)6-10-15;1-10(2,3)14-9(13)12-8-4-6-11-7-5-8;1-6-2-4-7(8)5-3-6;;;;;1-3-2/h14-15H,6-13H2,1-5H3,(H,19,21);11-12H,3-10,14H2,1-2H3;8,11H,4-7H2,1-3H3,(H,12,13);6H,2-5H2,1H3;4*1H4;/q;;;;;;;;-1. The Morgan fingerprint density at radius 1 is 0.606 bits per heavy atom. The second-order valence-corrected chi connectivity index (χ2v) is 38.3. The van der Waals surface area contributed by atoms with Crippen molar-refractivity contribution >= 4 is 55.2 Å². The van der Waals surface area contributed by atoms with Gasteiger partial charge in [-0.05, 0) is 189 Å². The molecule has 3 saturated carbocycles. The number of ether oxygens (including phenoxy) is 2. The molecule has 0 atom stereocenters. The Hall–Kier alpha value is 0.240. The van der Waals surface area contributed by atoms with Crippen LogP contribution in [0.1, 0.15) is 221 Å². The number of alkyl carbamates (subject to hydrolysis) is 2. The first-order valence-corrected chi connectivity index (χ1v) is 36.9. The second kappa shape index (κ2) is 35.4. The molecule has 14 heteroatoms. The van der Waals surface area contributed by atoms with Crippen molar-refractivity contribution in [2.75, 3.05) is 39.3 Å². The third-order valence-corrected chi connectivity index (χ3v) is 13.9. The van der Waals surface area contributed by atoms with E-state index in [-0.39, 0.29) is 54.0 Å². The van der Waals surface area contributed by atoms with Crippen molar-refractivity contribution in [3.63, 3.8) is 0 Å². The summed E-state index contributed by atoms with van der Waals surface area (Å²) in [5, 5.41) is 9.15. The molecule has 3 heterocycles. The molecule has 2 amide bonds. The SMILES string of the molecule is C.C.C.C.CC(C)(C)OC(=O)NC1CCNCC1.CC1CCC(=O)CC1.CC1CCC(C)(N2CCC(N)CC2)CC1.CC1CCC(C)(N2CCC(NC(=O)OC(C)(C)C)CC2)CC1.I[I-]I. The molecule has 0 aromatic heterocycles. The fraction of sp³-hybridized carbons (Fsp3) is 0.942. The van der Waals surface area contributed by atoms with E-state index in [0.717, 1.165) is 95.3 Å². The summed E-state index contributed by atoms with van der Waals surface area (Å²) in [5.74, 6) is 3.10. The summed E-state index contributed by atoms with van der Waals surface area (Å²) in [6.07, 6.45) is 20.7. The predicted octanol–water partition coefficient (Wildman–Crippen LogP) is 10.7. The first kappa shape index (κ1) is 70.5. The molecule has 398 valence electrons. The number of ketones is 1. The normalized spacial score (nSPS) is 27.1. The number of Topliss-reactive ketones (excluding diaryl/α,β-unsaturated/α-hetero) is 1. The van der Waals surface area contributed by atoms with Gasteiger partial charge in [0.2, 0.25) is 0 Å². The molecular formula is C52H108I3N6O5-. The number of rotatable bonds is 4. The Morgan fingerprint density at radius 3 is 1.23 bits per heavy atom. The van der Waals surface area contributed by atoms with Gasteiger partial charge in [0.1, 0.15) is 17.0 Å². The van der Waals surface area contributed by atoms with Gasteiger partial charge in [0.05, 0.1) is 0 Å². The number of piperidine rings is 3. The van der Waals surface area contributed by atoms with Crippen molar-refractivity contribution in [3.05, 3.63) is 0 Å². The average molecular weight is 1280 g/mol. The molecule has 0 unspecified atom stereocenters. The van der Waals surface area contributed by atoms with E-state index in [9.17, 15) is 14.4 Å². The zero-order valence-electron chi connectivity index (χ0n) is 41.1. The molecule has 0 aromatic rings. The molecule has 6 aliphatic rings. The van der Waals surface area contributed by atoms with Crippen LogP contribution < -0.4 is 34.9 Å². The third kappa shape index (κ3) is 30.2. The molecule has 66 heavy (non-hydrogen) atoms. The monoisotopic (exact) mass is 1280 g/mol. The number of likely N-dealkylation sites (tertiary alicyclic amines) is 2. The fourth-order valence-corrected chi connectivity index (χ4v) is 9.40. The van der Waals surface area contributed by atoms with Crippen LogP contribution in [0.4, 0.5) is 9.59 Å². The first-order chi connectivity index (χ1) is 29.0. The number of hydrogen-bond acceptors (Lipinski definition) is 9. The molecule has 0 radical (unpaired) electrons. The Morgan fingerprint density at radius 2 is 0.909 bits per heavy atom. The molecule has 3 aliphatic carbocycles. The van der Waals surface area contributed by atoms with Crippen molar-refractivity contribution in [1.82, 2.24) is 25.8 Å². The van der Waals surface area contributed by atoms with Crippen LogP contribution in [0.15, 0.2) is 0 Å². The van der Waals surface area contributed by atoms with E-state index in [1.54, 1.807) is 0 Å². The van der Waals surface area contributed by atoms with E-state index in [1.165, 1.54) is 77.3 Å². The van der Waals surface area contributed by atoms with Crippen LogP contribution in [0.25, 0.3) is 0 Å². The van der Waals surface area contributed by atoms with E-state index in [4.69, 9.17) is 15.2 Å². The summed E-state index contributed by atoms with van der Waals surface area (Å²) < 4.78 is 10.5. The van der Waals surface area contributed by atoms with Crippen molar-refractivity contribution in [1.29, 1.82) is 0 Å². The minimum atomic E-state index is -0.420. The number of carbonyl (C=O) groups excluding carboxylic acids is 3. The second-order valence-electron chi connectivity index (χ2n) is 22.0. The van der Waals surface area contributed by atoms with Crippen LogP contribution in [0.2, 0.25) is 0 Å². The molecular weight excluding hydrogens is 1170 g/mol. The Balaban J connectivity index is -0.000000803. The van der Waals surface area contributed by atoms with Gasteiger partial charge >= 0.3 is 62.7 Å². The van der Waals surface area contributed by atoms with Gasteiger partial charge in [0, 0.05) is 68.2 Å². The van der Waals surface area contributed by atoms with Crippen LogP contribution in [0, 0.1) is 17.8 Å². The van der Waals surface area contributed by atoms with E-state index < -0.39 is 11.2 Å². The minimum absolute atomic E-state index is 0. The van der Waals surface area contributed by atoms with Gasteiger partial charge in [-0.1, -0.05) is 50.5 Å². The number of nitrogens with two attached hydrogens (primary N) is 1. The summed E-state index contributed by atoms with van der Waals surface area (Å²) >= 11 is 5.30. The summed E-state index contributed by atoms with van der Waals surface area (Å²) in [5.41, 5.74) is 6.01. The molecule has 5 N–H and O–H groups in total. The van der Waals surface area contributed by atoms with Crippen molar-refractivity contribution in [3.8, 4) is 0 Å². The van der Waals surface area contributed by atoms with Gasteiger partial charge in [0.25, 0.3) is 0 Å². The summed E-state index contributed by atoms with van der Waals surface area (Å²) in [7, 11) is 0. The third-order valence-electron chi connectivity index (χ3n) is 13.9. The molecule has 6 rings (SSSR count).